The molecule has 0 radical (unpaired) electrons. The Morgan fingerprint density at radius 1 is 0.972 bits per heavy atom. The number of unbranched alkanes of at least 4 members (excludes halogenated alkanes) is 5. The summed E-state index contributed by atoms with van der Waals surface area (Å²) in [6.45, 7) is 16.7. The average molecular weight is 496 g/mol. The SMILES string of the molecule is CCCCCCCCC(=O)N(Cc1c(C)nn(-c2ccccc2)c1N1CCN(CC)CC1)[C@@H](C)CC. The van der Waals surface area contributed by atoms with Crippen LogP contribution in [0, 0.1) is 6.92 Å². The fourth-order valence-corrected chi connectivity index (χ4v) is 5.16. The minimum Gasteiger partial charge on any atom is -0.354 e. The Hall–Kier alpha value is -2.34. The van der Waals surface area contributed by atoms with Crippen LogP contribution in [0.15, 0.2) is 30.3 Å². The van der Waals surface area contributed by atoms with E-state index in [1.807, 2.05) is 6.07 Å². The van der Waals surface area contributed by atoms with E-state index in [4.69, 9.17) is 5.10 Å². The number of likely N-dealkylation sites (N-methyl/N-ethyl adjacent to an activating group) is 1. The van der Waals surface area contributed by atoms with Crippen molar-refractivity contribution in [2.45, 2.75) is 98.6 Å². The van der Waals surface area contributed by atoms with Crippen molar-refractivity contribution >= 4 is 11.7 Å². The summed E-state index contributed by atoms with van der Waals surface area (Å²) in [5.41, 5.74) is 3.29. The Morgan fingerprint density at radius 2 is 1.64 bits per heavy atom. The molecule has 0 unspecified atom stereocenters. The molecule has 0 spiro atoms. The van der Waals surface area contributed by atoms with Gasteiger partial charge in [-0.3, -0.25) is 4.79 Å². The molecule has 0 bridgehead atoms. The number of benzene rings is 1. The molecule has 1 atom stereocenters. The van der Waals surface area contributed by atoms with Crippen molar-refractivity contribution in [2.75, 3.05) is 37.6 Å². The van der Waals surface area contributed by atoms with Crippen molar-refractivity contribution in [2.24, 2.45) is 0 Å². The van der Waals surface area contributed by atoms with Gasteiger partial charge in [0.05, 0.1) is 17.9 Å². The molecule has 1 fully saturated rings. The number of nitrogens with zero attached hydrogens (tertiary/aromatic N) is 5. The van der Waals surface area contributed by atoms with Gasteiger partial charge in [-0.05, 0) is 45.4 Å². The van der Waals surface area contributed by atoms with E-state index < -0.39 is 0 Å². The number of rotatable bonds is 14. The van der Waals surface area contributed by atoms with E-state index in [9.17, 15) is 4.79 Å². The maximum Gasteiger partial charge on any atom is 0.223 e. The molecule has 6 heteroatoms. The topological polar surface area (TPSA) is 44.6 Å². The number of aryl methyl sites for hydroxylation is 1. The van der Waals surface area contributed by atoms with E-state index in [-0.39, 0.29) is 11.9 Å². The van der Waals surface area contributed by atoms with Gasteiger partial charge in [-0.15, -0.1) is 0 Å². The van der Waals surface area contributed by atoms with E-state index in [0.29, 0.717) is 13.0 Å². The fourth-order valence-electron chi connectivity index (χ4n) is 5.16. The molecule has 2 heterocycles. The van der Waals surface area contributed by atoms with Gasteiger partial charge in [-0.1, -0.05) is 71.1 Å². The van der Waals surface area contributed by atoms with Crippen LogP contribution in [-0.2, 0) is 11.3 Å². The molecule has 1 aromatic heterocycles. The lowest BCUT2D eigenvalue weighted by Crippen LogP contribution is -2.47. The molecule has 0 aliphatic carbocycles. The molecular weight excluding hydrogens is 446 g/mol. The number of anilines is 1. The van der Waals surface area contributed by atoms with Gasteiger partial charge in [-0.25, -0.2) is 4.68 Å². The van der Waals surface area contributed by atoms with E-state index in [2.05, 4.69) is 78.3 Å². The zero-order valence-electron chi connectivity index (χ0n) is 23.5. The summed E-state index contributed by atoms with van der Waals surface area (Å²) in [4.78, 5) is 20.6. The van der Waals surface area contributed by atoms with E-state index >= 15 is 0 Å². The smallest absolute Gasteiger partial charge is 0.223 e. The predicted octanol–water partition coefficient (Wildman–Crippen LogP) is 6.20. The van der Waals surface area contributed by atoms with E-state index in [1.165, 1.54) is 31.2 Å². The third-order valence-corrected chi connectivity index (χ3v) is 7.79. The first-order valence-electron chi connectivity index (χ1n) is 14.4. The van der Waals surface area contributed by atoms with Crippen LogP contribution in [0.2, 0.25) is 0 Å². The maximum absolute atomic E-state index is 13.5. The molecule has 2 aromatic rings. The van der Waals surface area contributed by atoms with Gasteiger partial charge in [-0.2, -0.15) is 5.10 Å². The number of piperazine rings is 1. The zero-order chi connectivity index (χ0) is 25.9. The van der Waals surface area contributed by atoms with Crippen molar-refractivity contribution in [3.05, 3.63) is 41.6 Å². The highest BCUT2D eigenvalue weighted by Crippen LogP contribution is 2.30. The van der Waals surface area contributed by atoms with Crippen molar-refractivity contribution in [1.29, 1.82) is 0 Å². The van der Waals surface area contributed by atoms with Crippen LogP contribution in [0.25, 0.3) is 5.69 Å². The summed E-state index contributed by atoms with van der Waals surface area (Å²) in [6.07, 6.45) is 8.82. The molecule has 3 rings (SSSR count). The Morgan fingerprint density at radius 3 is 2.28 bits per heavy atom. The normalized spacial score (nSPS) is 15.3. The van der Waals surface area contributed by atoms with Crippen LogP contribution in [0.5, 0.6) is 0 Å². The number of aromatic nitrogens is 2. The lowest BCUT2D eigenvalue weighted by atomic mass is 10.1. The van der Waals surface area contributed by atoms with Crippen molar-refractivity contribution in [3.8, 4) is 5.69 Å². The summed E-state index contributed by atoms with van der Waals surface area (Å²) in [7, 11) is 0. The van der Waals surface area contributed by atoms with Crippen LogP contribution >= 0.6 is 0 Å². The lowest BCUT2D eigenvalue weighted by Gasteiger charge is -2.37. The standard InChI is InChI=1S/C30H49N5O/c1-6-9-10-11-12-16-19-29(36)34(25(4)7-2)24-28-26(5)31-35(27-17-14-13-15-18-27)30(28)33-22-20-32(8-3)21-23-33/h13-15,17-18,25H,6-12,16,19-24H2,1-5H3/t25-/m0/s1. The first kappa shape index (κ1) is 28.2. The second-order valence-corrected chi connectivity index (χ2v) is 10.4. The molecule has 1 amide bonds. The number of hydrogen-bond acceptors (Lipinski definition) is 4. The monoisotopic (exact) mass is 495 g/mol. The van der Waals surface area contributed by atoms with Crippen LogP contribution in [0.4, 0.5) is 5.82 Å². The second kappa shape index (κ2) is 14.4. The molecule has 1 saturated heterocycles. The van der Waals surface area contributed by atoms with Gasteiger partial charge in [0.1, 0.15) is 5.82 Å². The van der Waals surface area contributed by atoms with Gasteiger partial charge in [0.25, 0.3) is 0 Å². The molecular formula is C30H49N5O. The molecule has 36 heavy (non-hydrogen) atoms. The molecule has 1 aliphatic rings. The Bertz CT molecular complexity index is 917. The Kier molecular flexibility index (Phi) is 11.3. The van der Waals surface area contributed by atoms with Gasteiger partial charge < -0.3 is 14.7 Å². The average Bonchev–Trinajstić information content (AvgIpc) is 3.24. The summed E-state index contributed by atoms with van der Waals surface area (Å²) >= 11 is 0. The molecule has 1 aliphatic heterocycles. The first-order valence-corrected chi connectivity index (χ1v) is 14.4. The minimum absolute atomic E-state index is 0.210. The lowest BCUT2D eigenvalue weighted by molar-refractivity contribution is -0.134. The quantitative estimate of drug-likeness (QED) is 0.293. The zero-order valence-corrected chi connectivity index (χ0v) is 23.5. The minimum atomic E-state index is 0.210. The molecule has 200 valence electrons. The third kappa shape index (κ3) is 7.34. The summed E-state index contributed by atoms with van der Waals surface area (Å²) < 4.78 is 2.11. The second-order valence-electron chi connectivity index (χ2n) is 10.4. The number of carbonyl (C=O) groups is 1. The largest absolute Gasteiger partial charge is 0.354 e. The Balaban J connectivity index is 1.85. The highest BCUT2D eigenvalue weighted by atomic mass is 16.2. The number of para-hydroxylation sites is 1. The van der Waals surface area contributed by atoms with Crippen LogP contribution in [0.1, 0.15) is 90.3 Å². The molecule has 6 nitrogen and oxygen atoms in total. The van der Waals surface area contributed by atoms with Gasteiger partial charge in [0.15, 0.2) is 0 Å². The van der Waals surface area contributed by atoms with Crippen molar-refractivity contribution < 1.29 is 4.79 Å². The number of amides is 1. The number of carbonyl (C=O) groups excluding carboxylic acids is 1. The van der Waals surface area contributed by atoms with Crippen LogP contribution in [-0.4, -0.2) is 64.3 Å². The first-order chi connectivity index (χ1) is 17.5. The number of hydrogen-bond donors (Lipinski definition) is 0. The molecule has 1 aromatic carbocycles. The fraction of sp³-hybridized carbons (Fsp3) is 0.667. The maximum atomic E-state index is 13.5. The van der Waals surface area contributed by atoms with Crippen molar-refractivity contribution in [1.82, 2.24) is 19.6 Å². The van der Waals surface area contributed by atoms with Gasteiger partial charge >= 0.3 is 0 Å². The molecule has 0 N–H and O–H groups in total. The van der Waals surface area contributed by atoms with Crippen LogP contribution < -0.4 is 4.90 Å². The highest BCUT2D eigenvalue weighted by molar-refractivity contribution is 5.77. The summed E-state index contributed by atoms with van der Waals surface area (Å²) in [5, 5.41) is 5.02. The summed E-state index contributed by atoms with van der Waals surface area (Å²) in [5.74, 6) is 1.45. The summed E-state index contributed by atoms with van der Waals surface area (Å²) in [6, 6.07) is 10.6. The van der Waals surface area contributed by atoms with Crippen molar-refractivity contribution in [3.63, 3.8) is 0 Å². The highest BCUT2D eigenvalue weighted by Gasteiger charge is 2.28. The molecule has 0 saturated carbocycles. The third-order valence-electron chi connectivity index (χ3n) is 7.79. The van der Waals surface area contributed by atoms with Crippen LogP contribution in [0.3, 0.4) is 0 Å². The van der Waals surface area contributed by atoms with Gasteiger partial charge in [0.2, 0.25) is 5.91 Å². The van der Waals surface area contributed by atoms with E-state index in [0.717, 1.165) is 69.2 Å². The predicted molar refractivity (Wildman–Crippen MR) is 151 cm³/mol. The Labute approximate surface area is 219 Å². The van der Waals surface area contributed by atoms with Gasteiger partial charge in [0, 0.05) is 44.2 Å². The van der Waals surface area contributed by atoms with E-state index in [1.54, 1.807) is 0 Å².